The molecule has 1 aromatic heterocycles. The summed E-state index contributed by atoms with van der Waals surface area (Å²) in [4.78, 5) is 12.3. The second kappa shape index (κ2) is 4.18. The summed E-state index contributed by atoms with van der Waals surface area (Å²) in [6, 6.07) is 6.26. The number of aromatic nitrogens is 1. The fourth-order valence-electron chi connectivity index (χ4n) is 2.08. The van der Waals surface area contributed by atoms with E-state index in [1.807, 2.05) is 22.9 Å². The zero-order valence-corrected chi connectivity index (χ0v) is 8.47. The third kappa shape index (κ3) is 1.86. The Balaban J connectivity index is 2.08. The topological polar surface area (TPSA) is 49.0 Å². The molecule has 4 nitrogen and oxygen atoms in total. The zero-order chi connectivity index (χ0) is 10.7. The summed E-state index contributed by atoms with van der Waals surface area (Å²) in [6.07, 6.45) is 4.71. The molecule has 0 bridgehead atoms. The summed E-state index contributed by atoms with van der Waals surface area (Å²) < 4.78 is 2.02. The lowest BCUT2D eigenvalue weighted by Gasteiger charge is -2.30. The van der Waals surface area contributed by atoms with Crippen molar-refractivity contribution in [2.24, 2.45) is 0 Å². The van der Waals surface area contributed by atoms with Crippen LogP contribution in [0.3, 0.4) is 0 Å². The molecule has 0 N–H and O–H groups in total. The third-order valence-corrected chi connectivity index (χ3v) is 2.94. The van der Waals surface area contributed by atoms with Crippen molar-refractivity contribution in [3.63, 3.8) is 0 Å². The van der Waals surface area contributed by atoms with Gasteiger partial charge in [0.25, 0.3) is 0 Å². The van der Waals surface area contributed by atoms with E-state index in [9.17, 15) is 4.79 Å². The molecule has 0 spiro atoms. The Kier molecular flexibility index (Phi) is 2.72. The second-order valence-electron chi connectivity index (χ2n) is 3.79. The molecule has 0 unspecified atom stereocenters. The van der Waals surface area contributed by atoms with Crippen LogP contribution in [0, 0.1) is 11.3 Å². The van der Waals surface area contributed by atoms with Crippen molar-refractivity contribution in [2.45, 2.75) is 18.9 Å². The molecule has 0 aliphatic carbocycles. The Morgan fingerprint density at radius 2 is 2.20 bits per heavy atom. The van der Waals surface area contributed by atoms with Crippen LogP contribution in [-0.4, -0.2) is 29.0 Å². The van der Waals surface area contributed by atoms with Gasteiger partial charge < -0.3 is 9.47 Å². The predicted molar refractivity (Wildman–Crippen MR) is 55.1 cm³/mol. The number of nitrogens with zero attached hydrogens (tertiary/aromatic N) is 3. The van der Waals surface area contributed by atoms with E-state index < -0.39 is 0 Å². The minimum Gasteiger partial charge on any atom is -0.345 e. The average molecular weight is 203 g/mol. The maximum Gasteiger partial charge on any atom is 0.209 e. The molecule has 0 aromatic carbocycles. The highest BCUT2D eigenvalue weighted by atomic mass is 16.1. The Bertz CT molecular complexity index is 383. The molecule has 78 valence electrons. The molecule has 1 amide bonds. The monoisotopic (exact) mass is 203 g/mol. The Hall–Kier alpha value is -1.76. The summed E-state index contributed by atoms with van der Waals surface area (Å²) in [6.45, 7) is 1.58. The van der Waals surface area contributed by atoms with E-state index in [-0.39, 0.29) is 0 Å². The average Bonchev–Trinajstić information content (AvgIpc) is 2.77. The zero-order valence-electron chi connectivity index (χ0n) is 8.47. The number of hydrogen-bond donors (Lipinski definition) is 0. The van der Waals surface area contributed by atoms with Crippen molar-refractivity contribution in [3.8, 4) is 6.07 Å². The third-order valence-electron chi connectivity index (χ3n) is 2.94. The smallest absolute Gasteiger partial charge is 0.209 e. The minimum absolute atomic E-state index is 0.367. The van der Waals surface area contributed by atoms with E-state index in [0.717, 1.165) is 32.3 Å². The number of likely N-dealkylation sites (tertiary alicyclic amines) is 1. The highest BCUT2D eigenvalue weighted by Crippen LogP contribution is 2.23. The van der Waals surface area contributed by atoms with Gasteiger partial charge in [-0.15, -0.1) is 0 Å². The van der Waals surface area contributed by atoms with Gasteiger partial charge in [-0.2, -0.15) is 5.26 Å². The van der Waals surface area contributed by atoms with E-state index in [0.29, 0.717) is 11.7 Å². The number of nitriles is 1. The summed E-state index contributed by atoms with van der Waals surface area (Å²) in [7, 11) is 0. The molecule has 0 radical (unpaired) electrons. The molecule has 2 rings (SSSR count). The number of carbonyl (C=O) groups excluding carboxylic acids is 1. The first kappa shape index (κ1) is 9.78. The van der Waals surface area contributed by atoms with Crippen LogP contribution in [0.1, 0.15) is 24.6 Å². The van der Waals surface area contributed by atoms with Gasteiger partial charge in [0.2, 0.25) is 6.41 Å². The largest absolute Gasteiger partial charge is 0.345 e. The van der Waals surface area contributed by atoms with Crippen molar-refractivity contribution >= 4 is 6.41 Å². The molecule has 1 aromatic rings. The second-order valence-corrected chi connectivity index (χ2v) is 3.79. The van der Waals surface area contributed by atoms with Gasteiger partial charge >= 0.3 is 0 Å². The SMILES string of the molecule is N#Cc1cccn1C1CCN(C=O)CC1. The van der Waals surface area contributed by atoms with Gasteiger partial charge in [0.1, 0.15) is 11.8 Å². The summed E-state index contributed by atoms with van der Waals surface area (Å²) in [5.41, 5.74) is 0.708. The molecule has 0 saturated carbocycles. The van der Waals surface area contributed by atoms with E-state index in [2.05, 4.69) is 6.07 Å². The lowest BCUT2D eigenvalue weighted by Crippen LogP contribution is -2.33. The maximum atomic E-state index is 10.5. The first-order valence-corrected chi connectivity index (χ1v) is 5.11. The fraction of sp³-hybridized carbons (Fsp3) is 0.455. The van der Waals surface area contributed by atoms with Gasteiger partial charge in [0.15, 0.2) is 0 Å². The molecule has 15 heavy (non-hydrogen) atoms. The first-order chi connectivity index (χ1) is 7.35. The lowest BCUT2D eigenvalue weighted by molar-refractivity contribution is -0.119. The van der Waals surface area contributed by atoms with Gasteiger partial charge in [-0.1, -0.05) is 0 Å². The van der Waals surface area contributed by atoms with Gasteiger partial charge in [-0.3, -0.25) is 4.79 Å². The van der Waals surface area contributed by atoms with Gasteiger partial charge in [0.05, 0.1) is 0 Å². The molecule has 1 aliphatic heterocycles. The predicted octanol–water partition coefficient (Wildman–Crippen LogP) is 1.15. The van der Waals surface area contributed by atoms with Crippen molar-refractivity contribution in [1.29, 1.82) is 5.26 Å². The molecular weight excluding hydrogens is 190 g/mol. The summed E-state index contributed by atoms with van der Waals surface area (Å²) in [5.74, 6) is 0. The molecular formula is C11H13N3O. The van der Waals surface area contributed by atoms with Gasteiger partial charge in [0, 0.05) is 25.3 Å². The van der Waals surface area contributed by atoms with Gasteiger partial charge in [-0.25, -0.2) is 0 Å². The molecule has 2 heterocycles. The Morgan fingerprint density at radius 3 is 2.80 bits per heavy atom. The number of amides is 1. The fourth-order valence-corrected chi connectivity index (χ4v) is 2.08. The minimum atomic E-state index is 0.367. The molecule has 1 saturated heterocycles. The van der Waals surface area contributed by atoms with Crippen LogP contribution in [0.15, 0.2) is 18.3 Å². The Morgan fingerprint density at radius 1 is 1.47 bits per heavy atom. The maximum absolute atomic E-state index is 10.5. The van der Waals surface area contributed by atoms with Crippen molar-refractivity contribution in [1.82, 2.24) is 9.47 Å². The van der Waals surface area contributed by atoms with Crippen LogP contribution < -0.4 is 0 Å². The van der Waals surface area contributed by atoms with Crippen LogP contribution in [0.25, 0.3) is 0 Å². The number of hydrogen-bond acceptors (Lipinski definition) is 2. The first-order valence-electron chi connectivity index (χ1n) is 5.11. The van der Waals surface area contributed by atoms with E-state index in [4.69, 9.17) is 5.26 Å². The normalized spacial score (nSPS) is 17.4. The Labute approximate surface area is 88.7 Å². The number of rotatable bonds is 2. The molecule has 1 fully saturated rings. The van der Waals surface area contributed by atoms with Crippen LogP contribution >= 0.6 is 0 Å². The van der Waals surface area contributed by atoms with Crippen LogP contribution in [0.5, 0.6) is 0 Å². The van der Waals surface area contributed by atoms with Crippen molar-refractivity contribution in [3.05, 3.63) is 24.0 Å². The van der Waals surface area contributed by atoms with Crippen LogP contribution in [0.2, 0.25) is 0 Å². The molecule has 4 heteroatoms. The lowest BCUT2D eigenvalue weighted by atomic mass is 10.1. The van der Waals surface area contributed by atoms with Gasteiger partial charge in [-0.05, 0) is 25.0 Å². The van der Waals surface area contributed by atoms with E-state index in [1.54, 1.807) is 4.90 Å². The summed E-state index contributed by atoms with van der Waals surface area (Å²) in [5, 5.41) is 8.90. The van der Waals surface area contributed by atoms with Crippen LogP contribution in [-0.2, 0) is 4.79 Å². The van der Waals surface area contributed by atoms with Crippen molar-refractivity contribution < 1.29 is 4.79 Å². The number of carbonyl (C=O) groups is 1. The molecule has 1 aliphatic rings. The van der Waals surface area contributed by atoms with Crippen LogP contribution in [0.4, 0.5) is 0 Å². The number of piperidine rings is 1. The summed E-state index contributed by atoms with van der Waals surface area (Å²) >= 11 is 0. The standard InChI is InChI=1S/C11H13N3O/c12-8-11-2-1-5-14(11)10-3-6-13(9-15)7-4-10/h1-2,5,9-10H,3-4,6-7H2. The highest BCUT2D eigenvalue weighted by molar-refractivity contribution is 5.47. The molecule has 0 atom stereocenters. The highest BCUT2D eigenvalue weighted by Gasteiger charge is 2.20. The quantitative estimate of drug-likeness (QED) is 0.677. The van der Waals surface area contributed by atoms with Crippen molar-refractivity contribution in [2.75, 3.05) is 13.1 Å². The van der Waals surface area contributed by atoms with E-state index >= 15 is 0 Å². The van der Waals surface area contributed by atoms with E-state index in [1.165, 1.54) is 0 Å².